The van der Waals surface area contributed by atoms with Gasteiger partial charge in [0.1, 0.15) is 11.6 Å². The van der Waals surface area contributed by atoms with Gasteiger partial charge in [-0.2, -0.15) is 0 Å². The lowest BCUT2D eigenvalue weighted by Gasteiger charge is -2.06. The van der Waals surface area contributed by atoms with Crippen LogP contribution < -0.4 is 10.1 Å². The molecule has 0 aliphatic rings. The third kappa shape index (κ3) is 5.71. The quantitative estimate of drug-likeness (QED) is 0.650. The van der Waals surface area contributed by atoms with Crippen molar-refractivity contribution in [2.45, 2.75) is 6.54 Å². The van der Waals surface area contributed by atoms with Crippen LogP contribution in [-0.2, 0) is 6.54 Å². The normalized spacial score (nSPS) is 9.95. The number of nitrogens with one attached hydrogen (secondary N) is 2. The van der Waals surface area contributed by atoms with Crippen molar-refractivity contribution >= 4 is 24.3 Å². The van der Waals surface area contributed by atoms with Crippen LogP contribution in [0.2, 0.25) is 0 Å². The number of rotatable bonds is 5. The number of benzene rings is 2. The summed E-state index contributed by atoms with van der Waals surface area (Å²) in [4.78, 5) is 0. The molecule has 0 bridgehead atoms. The van der Waals surface area contributed by atoms with Crippen LogP contribution in [0.4, 0.5) is 0 Å². The van der Waals surface area contributed by atoms with Gasteiger partial charge in [0.2, 0.25) is 0 Å². The molecule has 0 unspecified atom stereocenters. The second-order valence-corrected chi connectivity index (χ2v) is 4.36. The number of methoxy groups -OCH3 is 1. The molecule has 21 heavy (non-hydrogen) atoms. The summed E-state index contributed by atoms with van der Waals surface area (Å²) >= 11 is 0. The second-order valence-electron chi connectivity index (χ2n) is 4.36. The maximum absolute atomic E-state index is 7.86. The van der Waals surface area contributed by atoms with Crippen LogP contribution >= 0.6 is 12.4 Å². The molecule has 0 spiro atoms. The molecule has 2 aromatic rings. The average molecular weight is 303 g/mol. The highest BCUT2D eigenvalue weighted by atomic mass is 35.5. The molecule has 3 nitrogen and oxygen atoms in total. The van der Waals surface area contributed by atoms with Crippen molar-refractivity contribution in [2.24, 2.45) is 0 Å². The first-order valence-corrected chi connectivity index (χ1v) is 6.46. The summed E-state index contributed by atoms with van der Waals surface area (Å²) in [6.45, 7) is 0.606. The average Bonchev–Trinajstić information content (AvgIpc) is 2.52. The fraction of sp³-hybridized carbons (Fsp3) is 0.118. The third-order valence-electron chi connectivity index (χ3n) is 2.86. The van der Waals surface area contributed by atoms with Crippen LogP contribution in [0.5, 0.6) is 5.75 Å². The van der Waals surface area contributed by atoms with Crippen LogP contribution in [0.3, 0.4) is 0 Å². The Kier molecular flexibility index (Phi) is 7.05. The molecule has 0 aromatic heterocycles. The third-order valence-corrected chi connectivity index (χ3v) is 2.86. The Labute approximate surface area is 131 Å². The molecular weight excluding hydrogens is 284 g/mol. The Morgan fingerprint density at radius 3 is 2.62 bits per heavy atom. The van der Waals surface area contributed by atoms with Gasteiger partial charge < -0.3 is 10.1 Å². The summed E-state index contributed by atoms with van der Waals surface area (Å²) in [7, 11) is 1.65. The van der Waals surface area contributed by atoms with Gasteiger partial charge in [-0.05, 0) is 29.3 Å². The van der Waals surface area contributed by atoms with Gasteiger partial charge in [0, 0.05) is 6.54 Å². The van der Waals surface area contributed by atoms with Crippen LogP contribution in [0, 0.1) is 5.41 Å². The van der Waals surface area contributed by atoms with Crippen molar-refractivity contribution in [3.05, 3.63) is 71.8 Å². The largest absolute Gasteiger partial charge is 0.497 e. The molecule has 2 rings (SSSR count). The highest BCUT2D eigenvalue weighted by Gasteiger charge is 1.96. The van der Waals surface area contributed by atoms with E-state index in [2.05, 4.69) is 5.32 Å². The number of hydrogen-bond acceptors (Lipinski definition) is 2. The van der Waals surface area contributed by atoms with E-state index in [1.54, 1.807) is 13.2 Å². The van der Waals surface area contributed by atoms with Gasteiger partial charge in [0.05, 0.1) is 7.11 Å². The summed E-state index contributed by atoms with van der Waals surface area (Å²) < 4.78 is 5.17. The van der Waals surface area contributed by atoms with E-state index in [1.807, 2.05) is 60.7 Å². The first-order valence-electron chi connectivity index (χ1n) is 6.46. The van der Waals surface area contributed by atoms with Gasteiger partial charge in [-0.25, -0.2) is 0 Å². The van der Waals surface area contributed by atoms with Gasteiger partial charge in [-0.15, -0.1) is 12.4 Å². The highest BCUT2D eigenvalue weighted by molar-refractivity contribution is 5.93. The predicted molar refractivity (Wildman–Crippen MR) is 90.3 cm³/mol. The van der Waals surface area contributed by atoms with Gasteiger partial charge >= 0.3 is 0 Å². The Morgan fingerprint density at radius 1 is 1.14 bits per heavy atom. The number of halogens is 1. The zero-order valence-corrected chi connectivity index (χ0v) is 12.7. The number of ether oxygens (including phenoxy) is 1. The van der Waals surface area contributed by atoms with Crippen molar-refractivity contribution in [1.29, 1.82) is 5.41 Å². The summed E-state index contributed by atoms with van der Waals surface area (Å²) in [6.07, 6.45) is 3.68. The molecule has 0 fully saturated rings. The van der Waals surface area contributed by atoms with E-state index in [-0.39, 0.29) is 12.4 Å². The van der Waals surface area contributed by atoms with E-state index in [0.717, 1.165) is 16.9 Å². The van der Waals surface area contributed by atoms with E-state index in [9.17, 15) is 0 Å². The smallest absolute Gasteiger partial charge is 0.119 e. The maximum Gasteiger partial charge on any atom is 0.119 e. The molecule has 2 aromatic carbocycles. The predicted octanol–water partition coefficient (Wildman–Crippen LogP) is 3.90. The van der Waals surface area contributed by atoms with Gasteiger partial charge in [-0.3, -0.25) is 5.41 Å². The highest BCUT2D eigenvalue weighted by Crippen LogP contribution is 2.12. The van der Waals surface area contributed by atoms with E-state index in [0.29, 0.717) is 12.4 Å². The van der Waals surface area contributed by atoms with Crippen molar-refractivity contribution in [3.63, 3.8) is 0 Å². The zero-order chi connectivity index (χ0) is 14.2. The fourth-order valence-corrected chi connectivity index (χ4v) is 1.78. The van der Waals surface area contributed by atoms with Gasteiger partial charge in [0.15, 0.2) is 0 Å². The van der Waals surface area contributed by atoms with E-state index < -0.39 is 0 Å². The van der Waals surface area contributed by atoms with E-state index >= 15 is 0 Å². The monoisotopic (exact) mass is 302 g/mol. The van der Waals surface area contributed by atoms with Gasteiger partial charge in [0.25, 0.3) is 0 Å². The summed E-state index contributed by atoms with van der Waals surface area (Å²) in [5.74, 6) is 1.22. The molecule has 0 aliphatic heterocycles. The molecule has 0 atom stereocenters. The summed E-state index contributed by atoms with van der Waals surface area (Å²) in [6, 6.07) is 17.8. The van der Waals surface area contributed by atoms with E-state index in [4.69, 9.17) is 10.1 Å². The first kappa shape index (κ1) is 16.8. The number of hydrogen-bond donors (Lipinski definition) is 2. The van der Waals surface area contributed by atoms with Crippen LogP contribution in [-0.4, -0.2) is 12.9 Å². The lowest BCUT2D eigenvalue weighted by atomic mass is 10.2. The lowest BCUT2D eigenvalue weighted by molar-refractivity contribution is 0.414. The van der Waals surface area contributed by atoms with Crippen molar-refractivity contribution in [3.8, 4) is 5.75 Å². The van der Waals surface area contributed by atoms with E-state index in [1.165, 1.54) is 0 Å². The Bertz CT molecular complexity index is 597. The van der Waals surface area contributed by atoms with Crippen molar-refractivity contribution in [2.75, 3.05) is 7.11 Å². The molecule has 110 valence electrons. The molecule has 0 saturated heterocycles. The minimum Gasteiger partial charge on any atom is -0.497 e. The molecule has 4 heteroatoms. The Morgan fingerprint density at radius 2 is 1.90 bits per heavy atom. The molecule has 0 amide bonds. The van der Waals surface area contributed by atoms with Gasteiger partial charge in [-0.1, -0.05) is 48.5 Å². The minimum absolute atomic E-state index is 0. The van der Waals surface area contributed by atoms with Crippen LogP contribution in [0.25, 0.3) is 6.08 Å². The Hall–Kier alpha value is -2.26. The molecule has 0 heterocycles. The number of amidine groups is 1. The molecule has 2 N–H and O–H groups in total. The zero-order valence-electron chi connectivity index (χ0n) is 11.9. The summed E-state index contributed by atoms with van der Waals surface area (Å²) in [5, 5.41) is 10.9. The molecule has 0 radical (unpaired) electrons. The first-order chi connectivity index (χ1) is 9.78. The standard InChI is InChI=1S/C17H18N2O.ClH/c1-20-16-9-5-8-15(12-16)13-19-17(18)11-10-14-6-3-2-4-7-14;/h2-12H,13H2,1H3,(H2,18,19);1H/b11-10+;. The molecule has 0 aliphatic carbocycles. The lowest BCUT2D eigenvalue weighted by Crippen LogP contribution is -2.19. The maximum atomic E-state index is 7.86. The second kappa shape index (κ2) is 8.82. The van der Waals surface area contributed by atoms with Crippen LogP contribution in [0.15, 0.2) is 60.7 Å². The van der Waals surface area contributed by atoms with Crippen LogP contribution in [0.1, 0.15) is 11.1 Å². The van der Waals surface area contributed by atoms with Crippen molar-refractivity contribution < 1.29 is 4.74 Å². The topological polar surface area (TPSA) is 45.1 Å². The summed E-state index contributed by atoms with van der Waals surface area (Å²) in [5.41, 5.74) is 2.17. The fourth-order valence-electron chi connectivity index (χ4n) is 1.78. The minimum atomic E-state index is 0. The SMILES string of the molecule is COc1cccc(CNC(=N)/C=C/c2ccccc2)c1.Cl. The Balaban J connectivity index is 0.00000220. The molecule has 0 saturated carbocycles. The molecular formula is C17H19ClN2O. The van der Waals surface area contributed by atoms with Crippen molar-refractivity contribution in [1.82, 2.24) is 5.32 Å².